The molecule has 1 fully saturated rings. The Morgan fingerprint density at radius 3 is 2.80 bits per heavy atom. The van der Waals surface area contributed by atoms with Crippen LogP contribution in [0.3, 0.4) is 0 Å². The molecule has 2 heterocycles. The van der Waals surface area contributed by atoms with Crippen molar-refractivity contribution in [3.8, 4) is 5.75 Å². The minimum atomic E-state index is -0.677. The third kappa shape index (κ3) is 4.95. The van der Waals surface area contributed by atoms with E-state index in [-0.39, 0.29) is 24.7 Å². The number of carbonyl (C=O) groups is 1. The lowest BCUT2D eigenvalue weighted by atomic mass is 9.93. The molecule has 1 saturated heterocycles. The quantitative estimate of drug-likeness (QED) is 0.655. The molecule has 2 aliphatic rings. The van der Waals surface area contributed by atoms with Crippen LogP contribution >= 0.6 is 11.6 Å². The highest BCUT2D eigenvalue weighted by atomic mass is 35.5. The van der Waals surface area contributed by atoms with Crippen molar-refractivity contribution < 1.29 is 19.7 Å². The third-order valence-electron chi connectivity index (χ3n) is 5.83. The topological polar surface area (TPSA) is 82.0 Å². The summed E-state index contributed by atoms with van der Waals surface area (Å²) in [7, 11) is 0. The van der Waals surface area contributed by atoms with Gasteiger partial charge in [-0.1, -0.05) is 29.8 Å². The molecule has 4 rings (SSSR count). The molecule has 160 valence electrons. The van der Waals surface area contributed by atoms with E-state index in [1.807, 2.05) is 42.5 Å². The van der Waals surface area contributed by atoms with Crippen molar-refractivity contribution in [3.05, 3.63) is 58.6 Å². The SMILES string of the molecule is O=C1CCc2c(cccc2OCC(O)CN2CCC(O)CC2c2ccc(Cl)cc2)N1. The number of fused-ring (bicyclic) bond motifs is 1. The number of aliphatic hydroxyl groups excluding tert-OH is 2. The Bertz CT molecular complexity index is 889. The molecular formula is C23H27ClN2O4. The van der Waals surface area contributed by atoms with Gasteiger partial charge in [0, 0.05) is 41.8 Å². The lowest BCUT2D eigenvalue weighted by Crippen LogP contribution is -2.44. The number of carbonyl (C=O) groups excluding carboxylic acids is 1. The first-order chi connectivity index (χ1) is 14.5. The zero-order valence-corrected chi connectivity index (χ0v) is 17.5. The molecule has 0 spiro atoms. The maximum atomic E-state index is 11.6. The van der Waals surface area contributed by atoms with Crippen molar-refractivity contribution in [3.63, 3.8) is 0 Å². The fraction of sp³-hybridized carbons (Fsp3) is 0.435. The number of amides is 1. The summed E-state index contributed by atoms with van der Waals surface area (Å²) in [6.07, 6.45) is 1.36. The van der Waals surface area contributed by atoms with Gasteiger partial charge in [0.25, 0.3) is 0 Å². The van der Waals surface area contributed by atoms with Gasteiger partial charge in [-0.3, -0.25) is 9.69 Å². The maximum absolute atomic E-state index is 11.6. The number of halogens is 1. The summed E-state index contributed by atoms with van der Waals surface area (Å²) in [5.74, 6) is 0.718. The Labute approximate surface area is 181 Å². The smallest absolute Gasteiger partial charge is 0.224 e. The van der Waals surface area contributed by atoms with Crippen molar-refractivity contribution in [2.45, 2.75) is 43.9 Å². The number of ether oxygens (including phenoxy) is 1. The second kappa shape index (κ2) is 9.35. The van der Waals surface area contributed by atoms with E-state index in [1.165, 1.54) is 0 Å². The van der Waals surface area contributed by atoms with Crippen molar-refractivity contribution in [2.24, 2.45) is 0 Å². The molecule has 2 aromatic rings. The van der Waals surface area contributed by atoms with Crippen LogP contribution in [0.2, 0.25) is 5.02 Å². The number of rotatable bonds is 6. The van der Waals surface area contributed by atoms with Gasteiger partial charge in [-0.2, -0.15) is 0 Å². The van der Waals surface area contributed by atoms with E-state index >= 15 is 0 Å². The summed E-state index contributed by atoms with van der Waals surface area (Å²) in [6.45, 7) is 1.32. The molecule has 0 bridgehead atoms. The Hall–Kier alpha value is -2.12. The highest BCUT2D eigenvalue weighted by Crippen LogP contribution is 2.33. The van der Waals surface area contributed by atoms with E-state index in [4.69, 9.17) is 16.3 Å². The molecule has 3 unspecified atom stereocenters. The molecule has 1 amide bonds. The number of likely N-dealkylation sites (tertiary alicyclic amines) is 1. The highest BCUT2D eigenvalue weighted by Gasteiger charge is 2.30. The lowest BCUT2D eigenvalue weighted by Gasteiger charge is -2.39. The number of nitrogens with zero attached hydrogens (tertiary/aromatic N) is 1. The number of piperidine rings is 1. The molecule has 0 saturated carbocycles. The summed E-state index contributed by atoms with van der Waals surface area (Å²) in [5.41, 5.74) is 2.84. The summed E-state index contributed by atoms with van der Waals surface area (Å²) in [5, 5.41) is 24.4. The zero-order chi connectivity index (χ0) is 21.1. The normalized spacial score (nSPS) is 22.8. The van der Waals surface area contributed by atoms with Crippen LogP contribution in [0.1, 0.15) is 36.4 Å². The Morgan fingerprint density at radius 1 is 1.20 bits per heavy atom. The number of hydrogen-bond donors (Lipinski definition) is 3. The molecule has 3 atom stereocenters. The minimum absolute atomic E-state index is 0.0141. The van der Waals surface area contributed by atoms with Crippen molar-refractivity contribution in [1.29, 1.82) is 0 Å². The average Bonchev–Trinajstić information content (AvgIpc) is 2.74. The van der Waals surface area contributed by atoms with Crippen molar-refractivity contribution >= 4 is 23.2 Å². The molecule has 0 aromatic heterocycles. The van der Waals surface area contributed by atoms with Crippen LogP contribution in [0.15, 0.2) is 42.5 Å². The predicted octanol–water partition coefficient (Wildman–Crippen LogP) is 3.16. The van der Waals surface area contributed by atoms with Gasteiger partial charge in [0.05, 0.1) is 6.10 Å². The van der Waals surface area contributed by atoms with Crippen LogP contribution in [0.25, 0.3) is 0 Å². The van der Waals surface area contributed by atoms with Crippen LogP contribution in [0.4, 0.5) is 5.69 Å². The largest absolute Gasteiger partial charge is 0.490 e. The molecule has 6 nitrogen and oxygen atoms in total. The fourth-order valence-corrected chi connectivity index (χ4v) is 4.41. The first-order valence-electron chi connectivity index (χ1n) is 10.4. The van der Waals surface area contributed by atoms with E-state index in [9.17, 15) is 15.0 Å². The van der Waals surface area contributed by atoms with Crippen molar-refractivity contribution in [1.82, 2.24) is 4.90 Å². The van der Waals surface area contributed by atoms with Crippen LogP contribution < -0.4 is 10.1 Å². The molecule has 3 N–H and O–H groups in total. The van der Waals surface area contributed by atoms with Crippen LogP contribution in [0, 0.1) is 0 Å². The number of hydrogen-bond acceptors (Lipinski definition) is 5. The lowest BCUT2D eigenvalue weighted by molar-refractivity contribution is -0.116. The number of benzene rings is 2. The van der Waals surface area contributed by atoms with E-state index in [0.29, 0.717) is 49.5 Å². The molecule has 2 aromatic carbocycles. The highest BCUT2D eigenvalue weighted by molar-refractivity contribution is 6.30. The predicted molar refractivity (Wildman–Crippen MR) is 116 cm³/mol. The zero-order valence-electron chi connectivity index (χ0n) is 16.8. The van der Waals surface area contributed by atoms with Gasteiger partial charge in [0.1, 0.15) is 18.5 Å². The fourth-order valence-electron chi connectivity index (χ4n) is 4.28. The Balaban J connectivity index is 1.39. The molecule has 2 aliphatic heterocycles. The van der Waals surface area contributed by atoms with E-state index in [0.717, 1.165) is 16.8 Å². The van der Waals surface area contributed by atoms with E-state index < -0.39 is 6.10 Å². The number of β-amino-alcohol motifs (C(OH)–C–C–N with tert-alkyl or cyclic N) is 1. The average molecular weight is 431 g/mol. The van der Waals surface area contributed by atoms with Gasteiger partial charge in [-0.25, -0.2) is 0 Å². The van der Waals surface area contributed by atoms with Gasteiger partial charge in [-0.15, -0.1) is 0 Å². The number of aliphatic hydroxyl groups is 2. The molecule has 30 heavy (non-hydrogen) atoms. The van der Waals surface area contributed by atoms with Gasteiger partial charge < -0.3 is 20.3 Å². The Morgan fingerprint density at radius 2 is 2.00 bits per heavy atom. The van der Waals surface area contributed by atoms with Gasteiger partial charge in [0.2, 0.25) is 5.91 Å². The monoisotopic (exact) mass is 430 g/mol. The standard InChI is InChI=1S/C23H27ClN2O4/c24-16-6-4-15(5-7-16)21-12-17(27)10-11-26(21)13-18(28)14-30-22-3-1-2-20-19(22)8-9-23(29)25-20/h1-7,17-18,21,27-28H,8-14H2,(H,25,29). The first-order valence-corrected chi connectivity index (χ1v) is 10.8. The first kappa shape index (κ1) is 21.1. The number of nitrogens with one attached hydrogen (secondary N) is 1. The number of anilines is 1. The summed E-state index contributed by atoms with van der Waals surface area (Å²) >= 11 is 6.02. The van der Waals surface area contributed by atoms with Crippen LogP contribution in [-0.4, -0.2) is 52.9 Å². The third-order valence-corrected chi connectivity index (χ3v) is 6.08. The van der Waals surface area contributed by atoms with Crippen LogP contribution in [-0.2, 0) is 11.2 Å². The minimum Gasteiger partial charge on any atom is -0.490 e. The Kier molecular flexibility index (Phi) is 6.58. The van der Waals surface area contributed by atoms with Gasteiger partial charge >= 0.3 is 0 Å². The second-order valence-corrected chi connectivity index (χ2v) is 8.47. The maximum Gasteiger partial charge on any atom is 0.224 e. The van der Waals surface area contributed by atoms with Crippen molar-refractivity contribution in [2.75, 3.05) is 25.0 Å². The summed E-state index contributed by atoms with van der Waals surface area (Å²) < 4.78 is 5.93. The molecule has 0 radical (unpaired) electrons. The molecular weight excluding hydrogens is 404 g/mol. The van der Waals surface area contributed by atoms with Gasteiger partial charge in [0.15, 0.2) is 0 Å². The van der Waals surface area contributed by atoms with E-state index in [2.05, 4.69) is 10.2 Å². The van der Waals surface area contributed by atoms with E-state index in [1.54, 1.807) is 0 Å². The second-order valence-electron chi connectivity index (χ2n) is 8.04. The van der Waals surface area contributed by atoms with Crippen LogP contribution in [0.5, 0.6) is 5.75 Å². The molecule has 7 heteroatoms. The van der Waals surface area contributed by atoms with Gasteiger partial charge in [-0.05, 0) is 49.1 Å². The summed E-state index contributed by atoms with van der Waals surface area (Å²) in [4.78, 5) is 13.8. The summed E-state index contributed by atoms with van der Waals surface area (Å²) in [6, 6.07) is 13.3. The molecule has 0 aliphatic carbocycles.